The van der Waals surface area contributed by atoms with Crippen molar-refractivity contribution < 1.29 is 9.53 Å². The van der Waals surface area contributed by atoms with E-state index in [1.54, 1.807) is 11.0 Å². The summed E-state index contributed by atoms with van der Waals surface area (Å²) >= 11 is 0. The van der Waals surface area contributed by atoms with Gasteiger partial charge in [0, 0.05) is 12.2 Å². The van der Waals surface area contributed by atoms with Gasteiger partial charge in [-0.2, -0.15) is 0 Å². The molecule has 0 aliphatic carbocycles. The van der Waals surface area contributed by atoms with Gasteiger partial charge in [0.2, 0.25) is 0 Å². The highest BCUT2D eigenvalue weighted by atomic mass is 16.5. The summed E-state index contributed by atoms with van der Waals surface area (Å²) in [5.74, 6) is 1.34. The van der Waals surface area contributed by atoms with E-state index in [9.17, 15) is 4.79 Å². The normalized spacial score (nSPS) is 16.4. The summed E-state index contributed by atoms with van der Waals surface area (Å²) in [5, 5.41) is 3.46. The zero-order valence-electron chi connectivity index (χ0n) is 14.7. The van der Waals surface area contributed by atoms with E-state index in [0.717, 1.165) is 17.0 Å². The van der Waals surface area contributed by atoms with Crippen LogP contribution in [0.3, 0.4) is 0 Å². The average molecular weight is 336 g/mol. The van der Waals surface area contributed by atoms with E-state index in [0.29, 0.717) is 24.6 Å². The van der Waals surface area contributed by atoms with Crippen LogP contribution in [0.4, 0.5) is 5.69 Å². The molecule has 0 radical (unpaired) electrons. The molecule has 1 aliphatic heterocycles. The van der Waals surface area contributed by atoms with E-state index >= 15 is 0 Å². The van der Waals surface area contributed by atoms with Crippen LogP contribution in [0.25, 0.3) is 0 Å². The number of carbonyl (C=O) groups excluding carboxylic acids is 1. The quantitative estimate of drug-likeness (QED) is 0.791. The molecule has 1 atom stereocenters. The van der Waals surface area contributed by atoms with Crippen molar-refractivity contribution in [2.75, 3.05) is 18.5 Å². The molecule has 25 heavy (non-hydrogen) atoms. The van der Waals surface area contributed by atoms with Crippen LogP contribution in [-0.4, -0.2) is 24.0 Å². The van der Waals surface area contributed by atoms with Crippen LogP contribution < -0.4 is 10.1 Å². The Morgan fingerprint density at radius 1 is 1.20 bits per heavy atom. The number of hydrogen-bond acceptors (Lipinski definition) is 3. The molecule has 2 aromatic carbocycles. The second-order valence-electron chi connectivity index (χ2n) is 6.61. The maximum atomic E-state index is 12.8. The molecular weight excluding hydrogens is 312 g/mol. The topological polar surface area (TPSA) is 41.6 Å². The zero-order valence-corrected chi connectivity index (χ0v) is 14.7. The van der Waals surface area contributed by atoms with Gasteiger partial charge in [0.25, 0.3) is 5.91 Å². The van der Waals surface area contributed by atoms with Gasteiger partial charge in [0.05, 0.1) is 12.2 Å². The van der Waals surface area contributed by atoms with Crippen molar-refractivity contribution in [1.29, 1.82) is 0 Å². The molecule has 1 amide bonds. The largest absolute Gasteiger partial charge is 0.493 e. The Bertz CT molecular complexity index is 753. The number of benzene rings is 2. The van der Waals surface area contributed by atoms with E-state index in [1.165, 1.54) is 0 Å². The van der Waals surface area contributed by atoms with E-state index in [1.807, 2.05) is 48.5 Å². The Balaban J connectivity index is 1.86. The van der Waals surface area contributed by atoms with Crippen molar-refractivity contribution in [2.24, 2.45) is 5.92 Å². The first-order chi connectivity index (χ1) is 12.1. The third-order valence-electron chi connectivity index (χ3n) is 4.13. The number of ether oxygens (including phenoxy) is 1. The van der Waals surface area contributed by atoms with Crippen LogP contribution in [0.5, 0.6) is 5.75 Å². The van der Waals surface area contributed by atoms with Gasteiger partial charge < -0.3 is 15.0 Å². The summed E-state index contributed by atoms with van der Waals surface area (Å²) in [4.78, 5) is 14.6. The summed E-state index contributed by atoms with van der Waals surface area (Å²) < 4.78 is 5.74. The maximum Gasteiger partial charge on any atom is 0.258 e. The number of fused-ring (bicyclic) bond motifs is 1. The Labute approximate surface area is 149 Å². The number of carbonyl (C=O) groups is 1. The number of hydrogen-bond donors (Lipinski definition) is 1. The molecule has 0 aromatic heterocycles. The summed E-state index contributed by atoms with van der Waals surface area (Å²) in [7, 11) is 0. The van der Waals surface area contributed by atoms with Crippen LogP contribution in [0, 0.1) is 5.92 Å². The van der Waals surface area contributed by atoms with Crippen molar-refractivity contribution in [2.45, 2.75) is 20.0 Å². The van der Waals surface area contributed by atoms with E-state index in [4.69, 9.17) is 4.74 Å². The van der Waals surface area contributed by atoms with E-state index < -0.39 is 0 Å². The molecule has 4 heteroatoms. The van der Waals surface area contributed by atoms with Crippen molar-refractivity contribution in [3.8, 4) is 5.75 Å². The fraction of sp³-hybridized carbons (Fsp3) is 0.286. The molecule has 4 nitrogen and oxygen atoms in total. The number of rotatable bonds is 6. The van der Waals surface area contributed by atoms with Crippen molar-refractivity contribution in [3.05, 3.63) is 72.3 Å². The van der Waals surface area contributed by atoms with Gasteiger partial charge in [-0.25, -0.2) is 0 Å². The Kier molecular flexibility index (Phi) is 5.08. The highest BCUT2D eigenvalue weighted by Crippen LogP contribution is 2.33. The second-order valence-corrected chi connectivity index (χ2v) is 6.61. The molecule has 1 N–H and O–H groups in total. The lowest BCUT2D eigenvalue weighted by Crippen LogP contribution is -2.42. The molecule has 1 unspecified atom stereocenters. The number of anilines is 1. The summed E-state index contributed by atoms with van der Waals surface area (Å²) in [6.07, 6.45) is 1.53. The van der Waals surface area contributed by atoms with Gasteiger partial charge >= 0.3 is 0 Å². The predicted molar refractivity (Wildman–Crippen MR) is 101 cm³/mol. The second kappa shape index (κ2) is 7.43. The number of nitrogens with zero attached hydrogens (tertiary/aromatic N) is 1. The molecule has 0 saturated heterocycles. The Hall–Kier alpha value is -2.75. The number of nitrogens with one attached hydrogen (secondary N) is 1. The van der Waals surface area contributed by atoms with Gasteiger partial charge in [-0.05, 0) is 35.7 Å². The average Bonchev–Trinajstić information content (AvgIpc) is 2.63. The summed E-state index contributed by atoms with van der Waals surface area (Å²) in [6, 6.07) is 15.5. The molecule has 3 rings (SSSR count). The molecule has 1 aliphatic rings. The minimum Gasteiger partial charge on any atom is -0.493 e. The fourth-order valence-corrected chi connectivity index (χ4v) is 2.89. The van der Waals surface area contributed by atoms with Crippen LogP contribution >= 0.6 is 0 Å². The first kappa shape index (κ1) is 17.1. The van der Waals surface area contributed by atoms with E-state index in [2.05, 4.69) is 25.7 Å². The predicted octanol–water partition coefficient (Wildman–Crippen LogP) is 4.47. The van der Waals surface area contributed by atoms with Gasteiger partial charge in [-0.3, -0.25) is 4.79 Å². The van der Waals surface area contributed by atoms with Crippen LogP contribution in [0.2, 0.25) is 0 Å². The lowest BCUT2D eigenvalue weighted by molar-refractivity contribution is 0.0707. The molecule has 0 bridgehead atoms. The molecule has 0 saturated carbocycles. The first-order valence-corrected chi connectivity index (χ1v) is 8.60. The zero-order chi connectivity index (χ0) is 17.8. The van der Waals surface area contributed by atoms with Gasteiger partial charge in [-0.15, -0.1) is 6.58 Å². The third-order valence-corrected chi connectivity index (χ3v) is 4.13. The van der Waals surface area contributed by atoms with Crippen LogP contribution in [0.15, 0.2) is 61.2 Å². The summed E-state index contributed by atoms with van der Waals surface area (Å²) in [5.41, 5.74) is 2.57. The first-order valence-electron chi connectivity index (χ1n) is 8.60. The van der Waals surface area contributed by atoms with Crippen molar-refractivity contribution >= 4 is 11.6 Å². The lowest BCUT2D eigenvalue weighted by Gasteiger charge is -2.37. The van der Waals surface area contributed by atoms with Crippen LogP contribution in [-0.2, 0) is 0 Å². The Morgan fingerprint density at radius 3 is 2.60 bits per heavy atom. The molecule has 1 heterocycles. The number of amides is 1. The van der Waals surface area contributed by atoms with Crippen molar-refractivity contribution in [1.82, 2.24) is 4.90 Å². The van der Waals surface area contributed by atoms with Crippen molar-refractivity contribution in [3.63, 3.8) is 0 Å². The maximum absolute atomic E-state index is 12.8. The smallest absolute Gasteiger partial charge is 0.258 e. The van der Waals surface area contributed by atoms with Gasteiger partial charge in [0.15, 0.2) is 0 Å². The van der Waals surface area contributed by atoms with Gasteiger partial charge in [0.1, 0.15) is 11.9 Å². The Morgan fingerprint density at radius 2 is 1.92 bits per heavy atom. The fourth-order valence-electron chi connectivity index (χ4n) is 2.89. The number of para-hydroxylation sites is 1. The molecular formula is C21H24N2O2. The summed E-state index contributed by atoms with van der Waals surface area (Å²) in [6.45, 7) is 9.20. The minimum atomic E-state index is -0.223. The monoisotopic (exact) mass is 336 g/mol. The third kappa shape index (κ3) is 3.68. The molecule has 130 valence electrons. The lowest BCUT2D eigenvalue weighted by atomic mass is 10.0. The van der Waals surface area contributed by atoms with Crippen LogP contribution in [0.1, 0.15) is 35.9 Å². The highest BCUT2D eigenvalue weighted by Gasteiger charge is 2.31. The van der Waals surface area contributed by atoms with E-state index in [-0.39, 0.29) is 12.1 Å². The minimum absolute atomic E-state index is 0.0133. The SMILES string of the molecule is C=CCN1C(=O)c2ccccc2NC1c1ccc(OCC(C)C)cc1. The molecule has 2 aromatic rings. The molecule has 0 fully saturated rings. The standard InChI is InChI=1S/C21H24N2O2/c1-4-13-23-20(22-19-8-6-5-7-18(19)21(23)24)16-9-11-17(12-10-16)25-14-15(2)3/h4-12,15,20,22H,1,13-14H2,2-3H3. The molecule has 0 spiro atoms. The highest BCUT2D eigenvalue weighted by molar-refractivity contribution is 6.01. The van der Waals surface area contributed by atoms with Gasteiger partial charge in [-0.1, -0.05) is 44.2 Å².